The molecule has 2 unspecified atom stereocenters. The summed E-state index contributed by atoms with van der Waals surface area (Å²) < 4.78 is 5.19. The minimum atomic E-state index is -0.371. The Bertz CT molecular complexity index is 221. The molecule has 0 heterocycles. The number of nitrogens with one attached hydrogen (secondary N) is 1. The Kier molecular flexibility index (Phi) is 7.25. The van der Waals surface area contributed by atoms with Crippen molar-refractivity contribution in [2.45, 2.75) is 33.2 Å². The molecule has 0 rings (SSSR count). The van der Waals surface area contributed by atoms with Gasteiger partial charge >= 0.3 is 0 Å². The second kappa shape index (κ2) is 7.59. The SMILES string of the molecule is CCOCC(C)NC(=O)C(CC)C(N)=S. The molecule has 0 radical (unpaired) electrons. The molecule has 0 aliphatic rings. The third kappa shape index (κ3) is 5.69. The first-order valence-electron chi connectivity index (χ1n) is 5.20. The zero-order chi connectivity index (χ0) is 11.8. The number of thiocarbonyl (C=S) groups is 1. The fraction of sp³-hybridized carbons (Fsp3) is 0.800. The van der Waals surface area contributed by atoms with Crippen LogP contribution in [0.4, 0.5) is 0 Å². The number of amides is 1. The molecule has 0 bridgehead atoms. The molecule has 3 N–H and O–H groups in total. The van der Waals surface area contributed by atoms with Crippen molar-refractivity contribution >= 4 is 23.1 Å². The summed E-state index contributed by atoms with van der Waals surface area (Å²) in [6, 6.07) is -0.0131. The molecule has 0 saturated carbocycles. The average molecular weight is 232 g/mol. The van der Waals surface area contributed by atoms with Gasteiger partial charge in [-0.1, -0.05) is 19.1 Å². The van der Waals surface area contributed by atoms with Gasteiger partial charge in [0, 0.05) is 12.6 Å². The first kappa shape index (κ1) is 14.3. The fourth-order valence-electron chi connectivity index (χ4n) is 1.20. The highest BCUT2D eigenvalue weighted by Gasteiger charge is 2.20. The van der Waals surface area contributed by atoms with Crippen LogP contribution < -0.4 is 11.1 Å². The zero-order valence-electron chi connectivity index (χ0n) is 9.58. The Morgan fingerprint density at radius 3 is 2.53 bits per heavy atom. The Labute approximate surface area is 96.5 Å². The number of hydrogen-bond donors (Lipinski definition) is 2. The lowest BCUT2D eigenvalue weighted by molar-refractivity contribution is -0.124. The molecule has 0 aromatic heterocycles. The summed E-state index contributed by atoms with van der Waals surface area (Å²) >= 11 is 4.82. The highest BCUT2D eigenvalue weighted by Crippen LogP contribution is 2.03. The van der Waals surface area contributed by atoms with Crippen LogP contribution in [-0.4, -0.2) is 30.2 Å². The second-order valence-electron chi connectivity index (χ2n) is 3.43. The number of nitrogens with two attached hydrogens (primary N) is 1. The molecule has 0 fully saturated rings. The van der Waals surface area contributed by atoms with Crippen LogP contribution in [0.1, 0.15) is 27.2 Å². The molecule has 1 amide bonds. The van der Waals surface area contributed by atoms with Crippen molar-refractivity contribution in [1.29, 1.82) is 0 Å². The Hall–Kier alpha value is -0.680. The van der Waals surface area contributed by atoms with Gasteiger partial charge in [-0.15, -0.1) is 0 Å². The summed E-state index contributed by atoms with van der Waals surface area (Å²) in [6.45, 7) is 6.84. The summed E-state index contributed by atoms with van der Waals surface area (Å²) in [5.41, 5.74) is 5.46. The molecule has 0 saturated heterocycles. The molecule has 0 aliphatic heterocycles. The lowest BCUT2D eigenvalue weighted by Crippen LogP contribution is -2.43. The van der Waals surface area contributed by atoms with Crippen LogP contribution in [0.15, 0.2) is 0 Å². The van der Waals surface area contributed by atoms with Gasteiger partial charge in [0.25, 0.3) is 0 Å². The van der Waals surface area contributed by atoms with E-state index in [-0.39, 0.29) is 22.9 Å². The van der Waals surface area contributed by atoms with E-state index in [2.05, 4.69) is 5.32 Å². The largest absolute Gasteiger partial charge is 0.393 e. The van der Waals surface area contributed by atoms with Gasteiger partial charge < -0.3 is 15.8 Å². The third-order valence-corrected chi connectivity index (χ3v) is 2.31. The van der Waals surface area contributed by atoms with E-state index in [4.69, 9.17) is 22.7 Å². The molecular formula is C10H20N2O2S. The van der Waals surface area contributed by atoms with Crippen molar-refractivity contribution in [3.05, 3.63) is 0 Å². The number of rotatable bonds is 7. The normalized spacial score (nSPS) is 14.3. The molecule has 5 heteroatoms. The zero-order valence-corrected chi connectivity index (χ0v) is 10.4. The van der Waals surface area contributed by atoms with E-state index in [9.17, 15) is 4.79 Å². The van der Waals surface area contributed by atoms with Gasteiger partial charge in [0.1, 0.15) is 0 Å². The monoisotopic (exact) mass is 232 g/mol. The van der Waals surface area contributed by atoms with E-state index >= 15 is 0 Å². The smallest absolute Gasteiger partial charge is 0.230 e. The quantitative estimate of drug-likeness (QED) is 0.638. The summed E-state index contributed by atoms with van der Waals surface area (Å²) in [5, 5.41) is 2.82. The summed E-state index contributed by atoms with van der Waals surface area (Å²) in [7, 11) is 0. The topological polar surface area (TPSA) is 64.3 Å². The Balaban J connectivity index is 4.04. The summed E-state index contributed by atoms with van der Waals surface area (Å²) in [4.78, 5) is 11.9. The van der Waals surface area contributed by atoms with Gasteiger partial charge in [0.05, 0.1) is 17.5 Å². The number of ether oxygens (including phenoxy) is 1. The van der Waals surface area contributed by atoms with Crippen molar-refractivity contribution in [2.75, 3.05) is 13.2 Å². The summed E-state index contributed by atoms with van der Waals surface area (Å²) in [5.74, 6) is -0.485. The predicted molar refractivity (Wildman–Crippen MR) is 64.7 cm³/mol. The third-order valence-electron chi connectivity index (χ3n) is 2.03. The van der Waals surface area contributed by atoms with E-state index < -0.39 is 0 Å². The van der Waals surface area contributed by atoms with Crippen LogP contribution in [-0.2, 0) is 9.53 Å². The van der Waals surface area contributed by atoms with Gasteiger partial charge in [-0.2, -0.15) is 0 Å². The van der Waals surface area contributed by atoms with Gasteiger partial charge in [-0.05, 0) is 20.3 Å². The number of carbonyl (C=O) groups excluding carboxylic acids is 1. The first-order chi connectivity index (χ1) is 7.02. The maximum atomic E-state index is 11.7. The highest BCUT2D eigenvalue weighted by atomic mass is 32.1. The van der Waals surface area contributed by atoms with Gasteiger partial charge in [-0.25, -0.2) is 0 Å². The maximum absolute atomic E-state index is 11.7. The van der Waals surface area contributed by atoms with Crippen LogP contribution in [0, 0.1) is 5.92 Å². The highest BCUT2D eigenvalue weighted by molar-refractivity contribution is 7.80. The van der Waals surface area contributed by atoms with Crippen LogP contribution in [0.5, 0.6) is 0 Å². The fourth-order valence-corrected chi connectivity index (χ4v) is 1.47. The second-order valence-corrected chi connectivity index (χ2v) is 3.90. The van der Waals surface area contributed by atoms with E-state index in [0.29, 0.717) is 19.6 Å². The molecule has 15 heavy (non-hydrogen) atoms. The summed E-state index contributed by atoms with van der Waals surface area (Å²) in [6.07, 6.45) is 0.628. The van der Waals surface area contributed by atoms with Crippen LogP contribution in [0.25, 0.3) is 0 Å². The van der Waals surface area contributed by atoms with Crippen molar-refractivity contribution < 1.29 is 9.53 Å². The number of carbonyl (C=O) groups is 1. The first-order valence-corrected chi connectivity index (χ1v) is 5.61. The molecule has 88 valence electrons. The van der Waals surface area contributed by atoms with E-state index in [1.807, 2.05) is 20.8 Å². The lowest BCUT2D eigenvalue weighted by atomic mass is 10.1. The molecule has 2 atom stereocenters. The van der Waals surface area contributed by atoms with Crippen LogP contribution >= 0.6 is 12.2 Å². The molecule has 0 aromatic rings. The Morgan fingerprint density at radius 2 is 2.13 bits per heavy atom. The minimum absolute atomic E-state index is 0.0131. The minimum Gasteiger partial charge on any atom is -0.393 e. The van der Waals surface area contributed by atoms with Crippen LogP contribution in [0.2, 0.25) is 0 Å². The number of hydrogen-bond acceptors (Lipinski definition) is 3. The standard InChI is InChI=1S/C10H20N2O2S/c1-4-8(9(11)15)10(13)12-7(3)6-14-5-2/h7-8H,4-6H2,1-3H3,(H2,11,15)(H,12,13). The Morgan fingerprint density at radius 1 is 1.53 bits per heavy atom. The van der Waals surface area contributed by atoms with Crippen molar-refractivity contribution in [1.82, 2.24) is 5.32 Å². The molecule has 0 aliphatic carbocycles. The van der Waals surface area contributed by atoms with E-state index in [0.717, 1.165) is 0 Å². The van der Waals surface area contributed by atoms with Crippen molar-refractivity contribution in [3.8, 4) is 0 Å². The van der Waals surface area contributed by atoms with Crippen LogP contribution in [0.3, 0.4) is 0 Å². The van der Waals surface area contributed by atoms with Crippen molar-refractivity contribution in [2.24, 2.45) is 11.7 Å². The molecule has 4 nitrogen and oxygen atoms in total. The molecule has 0 aromatic carbocycles. The van der Waals surface area contributed by atoms with Gasteiger partial charge in [0.2, 0.25) is 5.91 Å². The molecule has 0 spiro atoms. The van der Waals surface area contributed by atoms with Gasteiger partial charge in [0.15, 0.2) is 0 Å². The van der Waals surface area contributed by atoms with E-state index in [1.165, 1.54) is 0 Å². The average Bonchev–Trinajstić information content (AvgIpc) is 2.15. The molecular weight excluding hydrogens is 212 g/mol. The van der Waals surface area contributed by atoms with Gasteiger partial charge in [-0.3, -0.25) is 4.79 Å². The maximum Gasteiger partial charge on any atom is 0.230 e. The van der Waals surface area contributed by atoms with E-state index in [1.54, 1.807) is 0 Å². The van der Waals surface area contributed by atoms with Crippen molar-refractivity contribution in [3.63, 3.8) is 0 Å². The lowest BCUT2D eigenvalue weighted by Gasteiger charge is -2.18. The predicted octanol–water partition coefficient (Wildman–Crippen LogP) is 0.840.